The average Bonchev–Trinajstić information content (AvgIpc) is 2.97. The molecule has 0 bridgehead atoms. The van der Waals surface area contributed by atoms with Crippen molar-refractivity contribution in [3.8, 4) is 0 Å². The van der Waals surface area contributed by atoms with Crippen LogP contribution in [0.4, 0.5) is 0 Å². The van der Waals surface area contributed by atoms with Crippen LogP contribution in [0.25, 0.3) is 0 Å². The minimum absolute atomic E-state index is 0.142. The Labute approximate surface area is 121 Å². The van der Waals surface area contributed by atoms with Crippen LogP contribution in [0.15, 0.2) is 29.3 Å². The summed E-state index contributed by atoms with van der Waals surface area (Å²) in [5.41, 5.74) is 0.373. The molecule has 0 unspecified atom stereocenters. The Morgan fingerprint density at radius 3 is 3.00 bits per heavy atom. The second kappa shape index (κ2) is 4.70. The van der Waals surface area contributed by atoms with Gasteiger partial charge in [0.15, 0.2) is 12.1 Å². The predicted octanol–water partition coefficient (Wildman–Crippen LogP) is 0.853. The topological polar surface area (TPSA) is 93.2 Å². The summed E-state index contributed by atoms with van der Waals surface area (Å²) in [6, 6.07) is 1.43. The van der Waals surface area contributed by atoms with Gasteiger partial charge in [-0.05, 0) is 25.3 Å². The van der Waals surface area contributed by atoms with Gasteiger partial charge in [-0.1, -0.05) is 0 Å². The van der Waals surface area contributed by atoms with Crippen molar-refractivity contribution in [2.75, 3.05) is 0 Å². The number of aromatic nitrogens is 3. The Balaban J connectivity index is 1.48. The van der Waals surface area contributed by atoms with Crippen molar-refractivity contribution in [3.05, 3.63) is 36.3 Å². The van der Waals surface area contributed by atoms with Gasteiger partial charge in [0.2, 0.25) is 0 Å². The number of carbonyl (C=O) groups is 1. The van der Waals surface area contributed by atoms with Gasteiger partial charge in [-0.15, -0.1) is 0 Å². The Hall–Kier alpha value is -2.15. The second-order valence-electron chi connectivity index (χ2n) is 5.70. The van der Waals surface area contributed by atoms with Gasteiger partial charge in [0.05, 0.1) is 18.2 Å². The van der Waals surface area contributed by atoms with Crippen molar-refractivity contribution in [2.24, 2.45) is 0 Å². The number of aliphatic hydroxyl groups excluding tert-OH is 1. The molecule has 7 nitrogen and oxygen atoms in total. The van der Waals surface area contributed by atoms with E-state index in [1.807, 2.05) is 0 Å². The van der Waals surface area contributed by atoms with Gasteiger partial charge in [0.25, 0.3) is 5.91 Å². The molecular weight excluding hydrogens is 272 g/mol. The summed E-state index contributed by atoms with van der Waals surface area (Å²) in [6.45, 7) is 0. The fourth-order valence-electron chi connectivity index (χ4n) is 2.87. The monoisotopic (exact) mass is 288 g/mol. The third-order valence-corrected chi connectivity index (χ3v) is 4.21. The maximum absolute atomic E-state index is 12.3. The molecule has 0 aromatic carbocycles. The fourth-order valence-corrected chi connectivity index (χ4v) is 2.87. The quantitative estimate of drug-likeness (QED) is 0.870. The van der Waals surface area contributed by atoms with Gasteiger partial charge < -0.3 is 14.8 Å². The zero-order valence-corrected chi connectivity index (χ0v) is 11.3. The number of nitrogens with zero attached hydrogens (tertiary/aromatic N) is 3. The zero-order chi connectivity index (χ0) is 14.4. The molecule has 2 N–H and O–H groups in total. The van der Waals surface area contributed by atoms with Crippen molar-refractivity contribution < 1.29 is 14.3 Å². The van der Waals surface area contributed by atoms with Crippen LogP contribution in [0.1, 0.15) is 47.5 Å². The van der Waals surface area contributed by atoms with Crippen LogP contribution < -0.4 is 5.32 Å². The highest BCUT2D eigenvalue weighted by Gasteiger charge is 2.43. The van der Waals surface area contributed by atoms with E-state index in [1.165, 1.54) is 6.39 Å². The van der Waals surface area contributed by atoms with E-state index in [2.05, 4.69) is 15.4 Å². The van der Waals surface area contributed by atoms with Crippen LogP contribution >= 0.6 is 0 Å². The Kier molecular flexibility index (Phi) is 2.81. The maximum Gasteiger partial charge on any atom is 0.273 e. The lowest BCUT2D eigenvalue weighted by atomic mass is 9.83. The van der Waals surface area contributed by atoms with Gasteiger partial charge >= 0.3 is 0 Å². The molecule has 2 aromatic rings. The number of hydrogen-bond acceptors (Lipinski definition) is 5. The van der Waals surface area contributed by atoms with E-state index >= 15 is 0 Å². The summed E-state index contributed by atoms with van der Waals surface area (Å²) in [4.78, 5) is 16.4. The molecule has 7 heteroatoms. The molecule has 3 atom stereocenters. The van der Waals surface area contributed by atoms with Crippen LogP contribution in [0.5, 0.6) is 0 Å². The summed E-state index contributed by atoms with van der Waals surface area (Å²) in [7, 11) is 0. The van der Waals surface area contributed by atoms with Gasteiger partial charge in [0.1, 0.15) is 5.76 Å². The lowest BCUT2D eigenvalue weighted by Gasteiger charge is -2.41. The number of carbonyl (C=O) groups excluding carboxylic acids is 1. The van der Waals surface area contributed by atoms with Crippen LogP contribution in [0.2, 0.25) is 0 Å². The fraction of sp³-hybridized carbons (Fsp3) is 0.500. The van der Waals surface area contributed by atoms with Gasteiger partial charge in [0, 0.05) is 18.3 Å². The largest absolute Gasteiger partial charge is 0.447 e. The first-order chi connectivity index (χ1) is 10.2. The standard InChI is InChI=1S/C14H16N4O3/c19-10-6-9(12(10)18-5-1-4-16-18)17-14(20)11-13(8-2-3-8)21-7-15-11/h1,4-5,7-10,12,19H,2-3,6H2,(H,17,20)/t9-,10+,12+/m0/s1. The minimum Gasteiger partial charge on any atom is -0.447 e. The minimum atomic E-state index is -0.490. The zero-order valence-electron chi connectivity index (χ0n) is 11.3. The summed E-state index contributed by atoms with van der Waals surface area (Å²) in [5, 5.41) is 17.0. The maximum atomic E-state index is 12.3. The molecule has 0 aliphatic heterocycles. The Morgan fingerprint density at radius 1 is 1.48 bits per heavy atom. The molecule has 1 amide bonds. The van der Waals surface area contributed by atoms with E-state index < -0.39 is 6.10 Å². The Morgan fingerprint density at radius 2 is 2.33 bits per heavy atom. The van der Waals surface area contributed by atoms with Crippen LogP contribution in [-0.4, -0.2) is 37.9 Å². The van der Waals surface area contributed by atoms with Gasteiger partial charge in [-0.2, -0.15) is 5.10 Å². The molecule has 4 rings (SSSR count). The lowest BCUT2D eigenvalue weighted by molar-refractivity contribution is -0.00596. The second-order valence-corrected chi connectivity index (χ2v) is 5.70. The molecule has 2 saturated carbocycles. The third-order valence-electron chi connectivity index (χ3n) is 4.21. The summed E-state index contributed by atoms with van der Waals surface area (Å²) < 4.78 is 7.01. The van der Waals surface area contributed by atoms with Crippen molar-refractivity contribution >= 4 is 5.91 Å². The average molecular weight is 288 g/mol. The first kappa shape index (κ1) is 12.6. The molecule has 21 heavy (non-hydrogen) atoms. The highest BCUT2D eigenvalue weighted by molar-refractivity contribution is 5.93. The highest BCUT2D eigenvalue weighted by atomic mass is 16.3. The number of oxazole rings is 1. The normalized spacial score (nSPS) is 28.1. The molecule has 0 radical (unpaired) electrons. The molecule has 2 heterocycles. The van der Waals surface area contributed by atoms with Crippen LogP contribution in [0, 0.1) is 0 Å². The molecule has 110 valence electrons. The van der Waals surface area contributed by atoms with E-state index in [4.69, 9.17) is 4.42 Å². The predicted molar refractivity (Wildman–Crippen MR) is 71.6 cm³/mol. The van der Waals surface area contributed by atoms with E-state index in [9.17, 15) is 9.90 Å². The van der Waals surface area contributed by atoms with Gasteiger partial charge in [-0.25, -0.2) is 4.98 Å². The molecule has 2 fully saturated rings. The van der Waals surface area contributed by atoms with Crippen LogP contribution in [-0.2, 0) is 0 Å². The van der Waals surface area contributed by atoms with Gasteiger partial charge in [-0.3, -0.25) is 9.48 Å². The first-order valence-corrected chi connectivity index (χ1v) is 7.15. The molecule has 2 aromatic heterocycles. The van der Waals surface area contributed by atoms with E-state index in [0.717, 1.165) is 12.8 Å². The third kappa shape index (κ3) is 2.13. The molecule has 2 aliphatic carbocycles. The molecule has 0 spiro atoms. The highest BCUT2D eigenvalue weighted by Crippen LogP contribution is 2.41. The number of amides is 1. The SMILES string of the molecule is O=C(N[C@H]1C[C@@H](O)[C@@H]1n1cccn1)c1ncoc1C1CC1. The lowest BCUT2D eigenvalue weighted by Crippen LogP contribution is -2.56. The first-order valence-electron chi connectivity index (χ1n) is 7.15. The van der Waals surface area contributed by atoms with Crippen molar-refractivity contribution in [1.82, 2.24) is 20.1 Å². The number of rotatable bonds is 4. The van der Waals surface area contributed by atoms with E-state index in [0.29, 0.717) is 23.8 Å². The van der Waals surface area contributed by atoms with Crippen molar-refractivity contribution in [3.63, 3.8) is 0 Å². The number of aliphatic hydroxyl groups is 1. The summed E-state index contributed by atoms with van der Waals surface area (Å²) in [6.07, 6.45) is 6.90. The number of nitrogens with one attached hydrogen (secondary N) is 1. The molecular formula is C14H16N4O3. The molecule has 0 saturated heterocycles. The molecule has 2 aliphatic rings. The van der Waals surface area contributed by atoms with Crippen molar-refractivity contribution in [2.45, 2.75) is 43.4 Å². The Bertz CT molecular complexity index is 647. The van der Waals surface area contributed by atoms with E-state index in [-0.39, 0.29) is 18.0 Å². The summed E-state index contributed by atoms with van der Waals surface area (Å²) >= 11 is 0. The smallest absolute Gasteiger partial charge is 0.273 e. The van der Waals surface area contributed by atoms with E-state index in [1.54, 1.807) is 23.1 Å². The summed E-state index contributed by atoms with van der Waals surface area (Å²) in [5.74, 6) is 0.782. The van der Waals surface area contributed by atoms with Crippen molar-refractivity contribution in [1.29, 1.82) is 0 Å². The van der Waals surface area contributed by atoms with Crippen LogP contribution in [0.3, 0.4) is 0 Å². The number of hydrogen-bond donors (Lipinski definition) is 2.